The standard InChI is InChI=1S/C57H60N12O8S/c1-32(2)53(57(73)68-30-40(70)21-48(68)56(72)63-33(3)35-11-16-45(61-26-35)54-34(4)62-31-78-54)50-25-52(66-77-50)74-19-7-8-36-12-15-41(27-60-36)75-42-22-43(23-42)76-51-20-37(17-18-59-51)69-38-13-14-39(69)29-67(28-38)47-24-46(64-65-55(47)58)44-9-5-6-10-49(44)71/h5-6,9-12,15-18,20,24-27,31-33,38-40,42-43,48,53,70-71H,13-14,19,21-23,28-30H2,1-4H3,(H2,58,65)(H,63,72)/t33-,38?,39?,40+,42-,43-,48-,53-/m0/s1. The van der Waals surface area contributed by atoms with Crippen molar-refractivity contribution in [1.82, 2.24) is 45.5 Å². The van der Waals surface area contributed by atoms with Gasteiger partial charge in [-0.2, -0.15) is 0 Å². The molecule has 3 aliphatic heterocycles. The number of aromatic hydroxyl groups is 1. The number of amides is 2. The number of nitrogens with zero attached hydrogens (tertiary/aromatic N) is 10. The number of fused-ring (bicyclic) bond motifs is 2. The van der Waals surface area contributed by atoms with Gasteiger partial charge in [-0.15, -0.1) is 21.5 Å². The number of phenolic OH excluding ortho intramolecular Hbond substituents is 1. The van der Waals surface area contributed by atoms with Crippen LogP contribution in [0.2, 0.25) is 0 Å². The largest absolute Gasteiger partial charge is 0.507 e. The number of likely N-dealkylation sites (tertiary alicyclic amines) is 1. The first-order valence-electron chi connectivity index (χ1n) is 26.3. The number of carbonyl (C=O) groups is 2. The number of aliphatic hydroxyl groups excluding tert-OH is 1. The molecular formula is C57H60N12O8S. The van der Waals surface area contributed by atoms with Gasteiger partial charge in [0.15, 0.2) is 18.2 Å². The van der Waals surface area contributed by atoms with Crippen LogP contribution in [0.4, 0.5) is 17.2 Å². The number of piperazine rings is 1. The first-order valence-corrected chi connectivity index (χ1v) is 27.1. The van der Waals surface area contributed by atoms with E-state index in [1.54, 1.807) is 42.2 Å². The van der Waals surface area contributed by atoms with Crippen molar-refractivity contribution in [2.75, 3.05) is 41.8 Å². The number of aliphatic hydroxyl groups is 1. The normalized spacial score (nSPS) is 21.3. The summed E-state index contributed by atoms with van der Waals surface area (Å²) in [6, 6.07) is 21.3. The van der Waals surface area contributed by atoms with Gasteiger partial charge in [-0.1, -0.05) is 38.0 Å². The smallest absolute Gasteiger partial charge is 0.255 e. The quantitative estimate of drug-likeness (QED) is 0.0719. The molecule has 11 rings (SSSR count). The van der Waals surface area contributed by atoms with E-state index < -0.39 is 24.1 Å². The molecular weight excluding hydrogens is 1010 g/mol. The molecule has 6 atom stereocenters. The number of benzene rings is 1. The number of hydrogen-bond acceptors (Lipinski definition) is 19. The van der Waals surface area contributed by atoms with Crippen LogP contribution in [0.5, 0.6) is 23.3 Å². The van der Waals surface area contributed by atoms with E-state index in [0.717, 1.165) is 59.1 Å². The number of hydrogen-bond donors (Lipinski definition) is 4. The molecule has 3 saturated heterocycles. The van der Waals surface area contributed by atoms with E-state index in [-0.39, 0.29) is 79.0 Å². The molecule has 2 bridgehead atoms. The first-order chi connectivity index (χ1) is 37.8. The van der Waals surface area contributed by atoms with Crippen LogP contribution in [0.3, 0.4) is 0 Å². The van der Waals surface area contributed by atoms with Crippen LogP contribution in [-0.4, -0.2) is 125 Å². The summed E-state index contributed by atoms with van der Waals surface area (Å²) >= 11 is 1.52. The number of para-hydroxylation sites is 1. The van der Waals surface area contributed by atoms with Gasteiger partial charge in [-0.3, -0.25) is 14.6 Å². The molecule has 1 aromatic carbocycles. The summed E-state index contributed by atoms with van der Waals surface area (Å²) in [5, 5.41) is 36.7. The van der Waals surface area contributed by atoms with Crippen LogP contribution in [0.15, 0.2) is 101 Å². The Morgan fingerprint density at radius 1 is 0.885 bits per heavy atom. The summed E-state index contributed by atoms with van der Waals surface area (Å²) in [6.45, 7) is 9.09. The third-order valence-corrected chi connectivity index (χ3v) is 15.9. The predicted octanol–water partition coefficient (Wildman–Crippen LogP) is 6.89. The molecule has 6 aromatic heterocycles. The summed E-state index contributed by atoms with van der Waals surface area (Å²) in [7, 11) is 0. The molecule has 1 saturated carbocycles. The SMILES string of the molecule is Cc1ncsc1-c1ccc([C@H](C)NC(=O)[C@@H]2C[C@@H](O)CN2C(=O)[C@H](c2cc(OCC#Cc3ccc(O[C@H]4C[C@H](Oc5cc(N6C7CCC6CN(c6cc(-c8ccccc8O)nnc6N)C7)ccn5)C4)cn3)no2)C(C)C)cn1. The molecule has 7 aromatic rings. The second-order valence-electron chi connectivity index (χ2n) is 20.6. The second-order valence-corrected chi connectivity index (χ2v) is 21.5. The zero-order chi connectivity index (χ0) is 54.0. The van der Waals surface area contributed by atoms with Crippen LogP contribution in [0.25, 0.3) is 21.8 Å². The first kappa shape index (κ1) is 51.7. The number of ether oxygens (including phenoxy) is 3. The Morgan fingerprint density at radius 3 is 2.42 bits per heavy atom. The molecule has 21 heteroatoms. The summed E-state index contributed by atoms with van der Waals surface area (Å²) < 4.78 is 24.0. The van der Waals surface area contributed by atoms with Gasteiger partial charge in [0.1, 0.15) is 41.4 Å². The highest BCUT2D eigenvalue weighted by Gasteiger charge is 2.44. The minimum absolute atomic E-state index is 0.00979. The molecule has 402 valence electrons. The molecule has 78 heavy (non-hydrogen) atoms. The highest BCUT2D eigenvalue weighted by Crippen LogP contribution is 2.41. The Kier molecular flexibility index (Phi) is 14.8. The van der Waals surface area contributed by atoms with Gasteiger partial charge in [0, 0.05) is 86.8 Å². The zero-order valence-electron chi connectivity index (χ0n) is 43.6. The lowest BCUT2D eigenvalue weighted by atomic mass is 9.91. The Bertz CT molecular complexity index is 3330. The van der Waals surface area contributed by atoms with Crippen LogP contribution >= 0.6 is 11.3 Å². The highest BCUT2D eigenvalue weighted by atomic mass is 32.1. The number of anilines is 3. The number of nitrogens with two attached hydrogens (primary N) is 1. The number of phenols is 1. The van der Waals surface area contributed by atoms with Gasteiger partial charge in [0.05, 0.1) is 51.5 Å². The van der Waals surface area contributed by atoms with Crippen LogP contribution < -0.4 is 35.1 Å². The van der Waals surface area contributed by atoms with Crippen LogP contribution in [-0.2, 0) is 9.59 Å². The van der Waals surface area contributed by atoms with Gasteiger partial charge in [0.25, 0.3) is 5.88 Å². The fourth-order valence-corrected chi connectivity index (χ4v) is 11.7. The fraction of sp³-hybridized carbons (Fsp3) is 0.386. The predicted molar refractivity (Wildman–Crippen MR) is 291 cm³/mol. The maximum absolute atomic E-state index is 14.2. The molecule has 1 aliphatic carbocycles. The molecule has 2 unspecified atom stereocenters. The number of rotatable bonds is 16. The van der Waals surface area contributed by atoms with Gasteiger partial charge >= 0.3 is 0 Å². The van der Waals surface area contributed by atoms with Gasteiger partial charge in [0.2, 0.25) is 17.7 Å². The highest BCUT2D eigenvalue weighted by molar-refractivity contribution is 7.13. The molecule has 9 heterocycles. The van der Waals surface area contributed by atoms with Crippen molar-refractivity contribution in [2.45, 2.75) is 108 Å². The van der Waals surface area contributed by atoms with Crippen molar-refractivity contribution in [3.05, 3.63) is 120 Å². The number of nitrogen functional groups attached to an aromatic ring is 1. The summed E-state index contributed by atoms with van der Waals surface area (Å²) in [5.41, 5.74) is 14.3. The second kappa shape index (κ2) is 22.3. The minimum Gasteiger partial charge on any atom is -0.507 e. The number of aromatic nitrogens is 7. The van der Waals surface area contributed by atoms with Crippen LogP contribution in [0.1, 0.15) is 87.5 Å². The average molecular weight is 1070 g/mol. The van der Waals surface area contributed by atoms with Gasteiger partial charge < -0.3 is 54.7 Å². The molecule has 4 aliphatic rings. The van der Waals surface area contributed by atoms with E-state index in [1.165, 1.54) is 16.2 Å². The van der Waals surface area contributed by atoms with E-state index in [1.807, 2.05) is 82.4 Å². The lowest BCUT2D eigenvalue weighted by Gasteiger charge is -2.43. The van der Waals surface area contributed by atoms with Gasteiger partial charge in [-0.05, 0) is 91.7 Å². The Hall–Kier alpha value is -8.35. The summed E-state index contributed by atoms with van der Waals surface area (Å²) in [6.07, 6.45) is 7.86. The lowest BCUT2D eigenvalue weighted by molar-refractivity contribution is -0.141. The number of aryl methyl sites for hydroxylation is 1. The molecule has 0 spiro atoms. The lowest BCUT2D eigenvalue weighted by Crippen LogP contribution is -2.54. The van der Waals surface area contributed by atoms with Crippen LogP contribution in [0, 0.1) is 24.7 Å². The number of nitrogens with one attached hydrogen (secondary N) is 1. The maximum Gasteiger partial charge on any atom is 0.255 e. The third-order valence-electron chi connectivity index (χ3n) is 14.9. The fourth-order valence-electron chi connectivity index (χ4n) is 10.9. The Balaban J connectivity index is 0.627. The molecule has 0 radical (unpaired) electrons. The topological polar surface area (TPSA) is 253 Å². The van der Waals surface area contributed by atoms with Crippen molar-refractivity contribution in [1.29, 1.82) is 0 Å². The monoisotopic (exact) mass is 1070 g/mol. The molecule has 4 fully saturated rings. The number of β-amino-alcohol motifs (C(OH)–C–C–N with tert-alkyl or cyclic N) is 1. The number of carbonyl (C=O) groups excluding carboxylic acids is 2. The van der Waals surface area contributed by atoms with Gasteiger partial charge in [-0.25, -0.2) is 15.0 Å². The van der Waals surface area contributed by atoms with Crippen molar-refractivity contribution in [2.24, 2.45) is 5.92 Å². The zero-order valence-corrected chi connectivity index (χ0v) is 44.4. The Labute approximate surface area is 455 Å². The Morgan fingerprint density at radius 2 is 1.69 bits per heavy atom. The van der Waals surface area contributed by atoms with E-state index >= 15 is 0 Å². The summed E-state index contributed by atoms with van der Waals surface area (Å²) in [5.74, 6) is 6.38. The van der Waals surface area contributed by atoms with E-state index in [2.05, 4.69) is 62.2 Å². The van der Waals surface area contributed by atoms with E-state index in [0.29, 0.717) is 47.2 Å². The maximum atomic E-state index is 14.2. The average Bonchev–Trinajstić information content (AvgIpc) is 4.28. The number of pyridine rings is 3. The summed E-state index contributed by atoms with van der Waals surface area (Å²) in [4.78, 5) is 53.0. The molecule has 20 nitrogen and oxygen atoms in total. The molecule has 2 amide bonds. The van der Waals surface area contributed by atoms with Crippen molar-refractivity contribution in [3.63, 3.8) is 0 Å². The van der Waals surface area contributed by atoms with Crippen molar-refractivity contribution < 1.29 is 38.5 Å². The van der Waals surface area contributed by atoms with Crippen molar-refractivity contribution >= 4 is 40.3 Å². The number of thiazole rings is 1. The van der Waals surface area contributed by atoms with Crippen molar-refractivity contribution in [3.8, 4) is 56.9 Å². The molecule has 5 N–H and O–H groups in total. The van der Waals surface area contributed by atoms with E-state index in [4.69, 9.17) is 24.5 Å². The third kappa shape index (κ3) is 11.1. The minimum atomic E-state index is -0.880. The van der Waals surface area contributed by atoms with E-state index in [9.17, 15) is 19.8 Å².